The monoisotopic (exact) mass is 217 g/mol. The summed E-state index contributed by atoms with van der Waals surface area (Å²) in [4.78, 5) is 0. The SMILES string of the molecule is C=C(C)C1CCC[C@@H](NS(C)(=O)=O)C1. The summed E-state index contributed by atoms with van der Waals surface area (Å²) in [5.74, 6) is 0.489. The molecule has 2 atom stereocenters. The first-order valence-corrected chi connectivity index (χ1v) is 6.90. The maximum atomic E-state index is 11.0. The zero-order chi connectivity index (χ0) is 10.8. The topological polar surface area (TPSA) is 46.2 Å². The molecule has 1 rings (SSSR count). The summed E-state index contributed by atoms with van der Waals surface area (Å²) in [6.07, 6.45) is 5.32. The molecule has 3 nitrogen and oxygen atoms in total. The molecule has 0 saturated heterocycles. The minimum absolute atomic E-state index is 0.112. The Hall–Kier alpha value is -0.350. The first-order valence-electron chi connectivity index (χ1n) is 5.01. The van der Waals surface area contributed by atoms with Crippen molar-refractivity contribution in [3.63, 3.8) is 0 Å². The van der Waals surface area contributed by atoms with Crippen molar-refractivity contribution in [3.8, 4) is 0 Å². The number of hydrogen-bond acceptors (Lipinski definition) is 2. The minimum atomic E-state index is -3.05. The largest absolute Gasteiger partial charge is 0.213 e. The van der Waals surface area contributed by atoms with Gasteiger partial charge in [0.25, 0.3) is 0 Å². The number of hydrogen-bond donors (Lipinski definition) is 1. The lowest BCUT2D eigenvalue weighted by atomic mass is 9.82. The lowest BCUT2D eigenvalue weighted by Crippen LogP contribution is -2.37. The van der Waals surface area contributed by atoms with Crippen molar-refractivity contribution in [1.82, 2.24) is 4.72 Å². The minimum Gasteiger partial charge on any atom is -0.213 e. The fourth-order valence-electron chi connectivity index (χ4n) is 2.05. The molecule has 0 aliphatic heterocycles. The highest BCUT2D eigenvalue weighted by molar-refractivity contribution is 7.88. The van der Waals surface area contributed by atoms with Crippen LogP contribution in [0.3, 0.4) is 0 Å². The van der Waals surface area contributed by atoms with Crippen molar-refractivity contribution < 1.29 is 8.42 Å². The number of allylic oxidation sites excluding steroid dienone is 1. The van der Waals surface area contributed by atoms with Gasteiger partial charge in [-0.25, -0.2) is 13.1 Å². The molecule has 1 fully saturated rings. The molecule has 4 heteroatoms. The Balaban J connectivity index is 2.52. The Kier molecular flexibility index (Phi) is 3.72. The van der Waals surface area contributed by atoms with Gasteiger partial charge < -0.3 is 0 Å². The molecule has 0 aromatic rings. The van der Waals surface area contributed by atoms with Gasteiger partial charge in [-0.3, -0.25) is 0 Å². The molecule has 1 aliphatic rings. The lowest BCUT2D eigenvalue weighted by molar-refractivity contribution is 0.342. The van der Waals surface area contributed by atoms with E-state index >= 15 is 0 Å². The van der Waals surface area contributed by atoms with E-state index in [1.165, 1.54) is 11.8 Å². The Labute approximate surface area is 86.6 Å². The van der Waals surface area contributed by atoms with Crippen LogP contribution >= 0.6 is 0 Å². The van der Waals surface area contributed by atoms with Crippen molar-refractivity contribution in [2.75, 3.05) is 6.26 Å². The standard InChI is InChI=1S/C10H19NO2S/c1-8(2)9-5-4-6-10(7-9)11-14(3,12)13/h9-11H,1,4-7H2,2-3H3/t9?,10-/m1/s1. The molecule has 0 radical (unpaired) electrons. The zero-order valence-electron chi connectivity index (χ0n) is 8.91. The van der Waals surface area contributed by atoms with Gasteiger partial charge in [0.2, 0.25) is 10.0 Å². The van der Waals surface area contributed by atoms with Crippen LogP contribution in [0.4, 0.5) is 0 Å². The molecule has 82 valence electrons. The van der Waals surface area contributed by atoms with Crippen molar-refractivity contribution >= 4 is 10.0 Å². The van der Waals surface area contributed by atoms with E-state index in [0.29, 0.717) is 5.92 Å². The highest BCUT2D eigenvalue weighted by Gasteiger charge is 2.24. The van der Waals surface area contributed by atoms with E-state index in [4.69, 9.17) is 0 Å². The summed E-state index contributed by atoms with van der Waals surface area (Å²) in [5, 5.41) is 0. The van der Waals surface area contributed by atoms with Crippen LogP contribution in [0.15, 0.2) is 12.2 Å². The van der Waals surface area contributed by atoms with Gasteiger partial charge in [0.1, 0.15) is 0 Å². The number of nitrogens with one attached hydrogen (secondary N) is 1. The van der Waals surface area contributed by atoms with Gasteiger partial charge in [-0.1, -0.05) is 18.6 Å². The van der Waals surface area contributed by atoms with Gasteiger partial charge in [0.15, 0.2) is 0 Å². The summed E-state index contributed by atoms with van der Waals surface area (Å²) >= 11 is 0. The van der Waals surface area contributed by atoms with Crippen LogP contribution in [0.2, 0.25) is 0 Å². The maximum Gasteiger partial charge on any atom is 0.208 e. The Morgan fingerprint density at radius 2 is 2.07 bits per heavy atom. The van der Waals surface area contributed by atoms with E-state index in [1.807, 2.05) is 6.92 Å². The smallest absolute Gasteiger partial charge is 0.208 e. The van der Waals surface area contributed by atoms with Crippen LogP contribution in [-0.2, 0) is 10.0 Å². The van der Waals surface area contributed by atoms with Gasteiger partial charge in [0, 0.05) is 6.04 Å². The zero-order valence-corrected chi connectivity index (χ0v) is 9.73. The fourth-order valence-corrected chi connectivity index (χ4v) is 2.87. The summed E-state index contributed by atoms with van der Waals surface area (Å²) in [6, 6.07) is 0.112. The normalized spacial score (nSPS) is 28.7. The molecule has 0 spiro atoms. The Bertz CT molecular complexity index is 308. The molecule has 1 saturated carbocycles. The van der Waals surface area contributed by atoms with E-state index in [1.54, 1.807) is 0 Å². The molecule has 1 unspecified atom stereocenters. The van der Waals surface area contributed by atoms with E-state index in [-0.39, 0.29) is 6.04 Å². The van der Waals surface area contributed by atoms with E-state index in [2.05, 4.69) is 11.3 Å². The van der Waals surface area contributed by atoms with Gasteiger partial charge >= 0.3 is 0 Å². The second kappa shape index (κ2) is 4.45. The number of sulfonamides is 1. The van der Waals surface area contributed by atoms with Crippen molar-refractivity contribution in [1.29, 1.82) is 0 Å². The van der Waals surface area contributed by atoms with Gasteiger partial charge in [-0.15, -0.1) is 0 Å². The second-order valence-corrected chi connectivity index (χ2v) is 6.08. The molecule has 0 amide bonds. The van der Waals surface area contributed by atoms with E-state index < -0.39 is 10.0 Å². The van der Waals surface area contributed by atoms with Crippen LogP contribution in [-0.4, -0.2) is 20.7 Å². The Morgan fingerprint density at radius 1 is 1.43 bits per heavy atom. The molecule has 14 heavy (non-hydrogen) atoms. The van der Waals surface area contributed by atoms with Crippen molar-refractivity contribution in [3.05, 3.63) is 12.2 Å². The van der Waals surface area contributed by atoms with Gasteiger partial charge in [0.05, 0.1) is 6.26 Å². The van der Waals surface area contributed by atoms with Gasteiger partial charge in [-0.2, -0.15) is 0 Å². The van der Waals surface area contributed by atoms with E-state index in [9.17, 15) is 8.42 Å². The molecular weight excluding hydrogens is 198 g/mol. The highest BCUT2D eigenvalue weighted by Crippen LogP contribution is 2.29. The lowest BCUT2D eigenvalue weighted by Gasteiger charge is -2.29. The summed E-state index contributed by atoms with van der Waals surface area (Å²) in [5.41, 5.74) is 1.17. The summed E-state index contributed by atoms with van der Waals surface area (Å²) < 4.78 is 24.8. The molecule has 0 bridgehead atoms. The predicted molar refractivity (Wildman–Crippen MR) is 58.5 cm³/mol. The summed E-state index contributed by atoms with van der Waals surface area (Å²) in [7, 11) is -3.05. The summed E-state index contributed by atoms with van der Waals surface area (Å²) in [6.45, 7) is 5.95. The average molecular weight is 217 g/mol. The third-order valence-corrected chi connectivity index (χ3v) is 3.51. The van der Waals surface area contributed by atoms with Crippen LogP contribution in [0.25, 0.3) is 0 Å². The maximum absolute atomic E-state index is 11.0. The first-order chi connectivity index (χ1) is 6.38. The van der Waals surface area contributed by atoms with Crippen LogP contribution in [0, 0.1) is 5.92 Å². The quantitative estimate of drug-likeness (QED) is 0.731. The first kappa shape index (κ1) is 11.7. The molecule has 0 aromatic carbocycles. The average Bonchev–Trinajstić information content (AvgIpc) is 2.01. The van der Waals surface area contributed by atoms with Crippen LogP contribution in [0.1, 0.15) is 32.6 Å². The van der Waals surface area contributed by atoms with Crippen molar-refractivity contribution in [2.45, 2.75) is 38.6 Å². The molecule has 0 heterocycles. The predicted octanol–water partition coefficient (Wildman–Crippen LogP) is 1.67. The third-order valence-electron chi connectivity index (χ3n) is 2.75. The van der Waals surface area contributed by atoms with Gasteiger partial charge in [-0.05, 0) is 32.1 Å². The molecule has 1 N–H and O–H groups in total. The fraction of sp³-hybridized carbons (Fsp3) is 0.800. The van der Waals surface area contributed by atoms with Crippen molar-refractivity contribution in [2.24, 2.45) is 5.92 Å². The molecule has 0 aromatic heterocycles. The number of rotatable bonds is 3. The Morgan fingerprint density at radius 3 is 2.57 bits per heavy atom. The van der Waals surface area contributed by atoms with E-state index in [0.717, 1.165) is 25.7 Å². The van der Waals surface area contributed by atoms with Crippen LogP contribution in [0.5, 0.6) is 0 Å². The highest BCUT2D eigenvalue weighted by atomic mass is 32.2. The molecule has 1 aliphatic carbocycles. The molecular formula is C10H19NO2S. The second-order valence-electron chi connectivity index (χ2n) is 4.30. The van der Waals surface area contributed by atoms with Crippen LogP contribution < -0.4 is 4.72 Å². The third kappa shape index (κ3) is 3.80.